The van der Waals surface area contributed by atoms with Gasteiger partial charge in [-0.3, -0.25) is 0 Å². The van der Waals surface area contributed by atoms with Gasteiger partial charge in [0.05, 0.1) is 0 Å². The van der Waals surface area contributed by atoms with Gasteiger partial charge in [0, 0.05) is 6.42 Å². The summed E-state index contributed by atoms with van der Waals surface area (Å²) < 4.78 is 0. The SMILES string of the molecule is CC(C)(CC=O)CCN. The molecule has 0 aromatic carbocycles. The molecule has 2 nitrogen and oxygen atoms in total. The van der Waals surface area contributed by atoms with Gasteiger partial charge in [-0.2, -0.15) is 0 Å². The molecule has 0 aromatic rings. The highest BCUT2D eigenvalue weighted by Crippen LogP contribution is 2.21. The van der Waals surface area contributed by atoms with Crippen LogP contribution in [-0.4, -0.2) is 12.8 Å². The fourth-order valence-corrected chi connectivity index (χ4v) is 0.718. The maximum absolute atomic E-state index is 10.1. The number of nitrogens with two attached hydrogens (primary N) is 1. The van der Waals surface area contributed by atoms with E-state index in [0.29, 0.717) is 13.0 Å². The molecule has 0 rings (SSSR count). The fourth-order valence-electron chi connectivity index (χ4n) is 0.718. The van der Waals surface area contributed by atoms with Crippen molar-refractivity contribution in [2.45, 2.75) is 26.7 Å². The Labute approximate surface area is 56.4 Å². The Morgan fingerprint density at radius 1 is 1.56 bits per heavy atom. The van der Waals surface area contributed by atoms with Gasteiger partial charge >= 0.3 is 0 Å². The van der Waals surface area contributed by atoms with Crippen LogP contribution in [0.3, 0.4) is 0 Å². The van der Waals surface area contributed by atoms with Crippen LogP contribution < -0.4 is 5.73 Å². The molecule has 0 amide bonds. The molecule has 0 bridgehead atoms. The van der Waals surface area contributed by atoms with E-state index >= 15 is 0 Å². The van der Waals surface area contributed by atoms with Crippen molar-refractivity contribution in [1.82, 2.24) is 0 Å². The predicted molar refractivity (Wildman–Crippen MR) is 38.1 cm³/mol. The quantitative estimate of drug-likeness (QED) is 0.574. The summed E-state index contributed by atoms with van der Waals surface area (Å²) in [6.45, 7) is 4.77. The number of hydrogen-bond acceptors (Lipinski definition) is 2. The second-order valence-electron chi connectivity index (χ2n) is 3.07. The average Bonchev–Trinajstić information content (AvgIpc) is 1.64. The van der Waals surface area contributed by atoms with E-state index in [4.69, 9.17) is 5.73 Å². The third kappa shape index (κ3) is 4.15. The molecule has 0 heterocycles. The lowest BCUT2D eigenvalue weighted by molar-refractivity contribution is -0.109. The van der Waals surface area contributed by atoms with Crippen LogP contribution in [0.5, 0.6) is 0 Å². The molecule has 0 fully saturated rings. The van der Waals surface area contributed by atoms with Crippen LogP contribution in [0.2, 0.25) is 0 Å². The smallest absolute Gasteiger partial charge is 0.120 e. The highest BCUT2D eigenvalue weighted by atomic mass is 16.1. The third-order valence-corrected chi connectivity index (χ3v) is 1.46. The van der Waals surface area contributed by atoms with Crippen LogP contribution in [-0.2, 0) is 4.79 Å². The lowest BCUT2D eigenvalue weighted by Gasteiger charge is -2.19. The number of aldehydes is 1. The van der Waals surface area contributed by atoms with Crippen molar-refractivity contribution in [1.29, 1.82) is 0 Å². The molecule has 2 N–H and O–H groups in total. The minimum Gasteiger partial charge on any atom is -0.330 e. The molecule has 0 saturated heterocycles. The van der Waals surface area contributed by atoms with Crippen molar-refractivity contribution in [3.63, 3.8) is 0 Å². The fraction of sp³-hybridized carbons (Fsp3) is 0.857. The number of hydrogen-bond donors (Lipinski definition) is 1. The summed E-state index contributed by atoms with van der Waals surface area (Å²) >= 11 is 0. The van der Waals surface area contributed by atoms with Gasteiger partial charge in [-0.25, -0.2) is 0 Å². The molecule has 0 spiro atoms. The first-order valence-corrected chi connectivity index (χ1v) is 3.26. The second-order valence-corrected chi connectivity index (χ2v) is 3.07. The van der Waals surface area contributed by atoms with Gasteiger partial charge in [-0.05, 0) is 18.4 Å². The zero-order chi connectivity index (χ0) is 7.33. The molecule has 0 aliphatic rings. The van der Waals surface area contributed by atoms with E-state index in [0.717, 1.165) is 12.7 Å². The summed E-state index contributed by atoms with van der Waals surface area (Å²) in [5, 5.41) is 0. The molecule has 0 unspecified atom stereocenters. The number of carbonyl (C=O) groups is 1. The standard InChI is InChI=1S/C7H15NO/c1-7(2,3-5-8)4-6-9/h6H,3-5,8H2,1-2H3. The first kappa shape index (κ1) is 8.63. The van der Waals surface area contributed by atoms with E-state index in [1.807, 2.05) is 13.8 Å². The summed E-state index contributed by atoms with van der Waals surface area (Å²) in [5.74, 6) is 0. The molecule has 0 aliphatic heterocycles. The topological polar surface area (TPSA) is 43.1 Å². The minimum atomic E-state index is 0.108. The van der Waals surface area contributed by atoms with E-state index in [2.05, 4.69) is 0 Å². The van der Waals surface area contributed by atoms with Crippen molar-refractivity contribution >= 4 is 6.29 Å². The largest absolute Gasteiger partial charge is 0.330 e. The number of rotatable bonds is 4. The van der Waals surface area contributed by atoms with E-state index < -0.39 is 0 Å². The molecule has 0 saturated carbocycles. The number of carbonyl (C=O) groups excluding carboxylic acids is 1. The van der Waals surface area contributed by atoms with E-state index in [1.54, 1.807) is 0 Å². The maximum Gasteiger partial charge on any atom is 0.120 e. The van der Waals surface area contributed by atoms with E-state index in [1.165, 1.54) is 0 Å². The molecular formula is C7H15NO. The Balaban J connectivity index is 3.55. The minimum absolute atomic E-state index is 0.108. The lowest BCUT2D eigenvalue weighted by Crippen LogP contribution is -2.17. The summed E-state index contributed by atoms with van der Waals surface area (Å²) in [6.07, 6.45) is 2.49. The van der Waals surface area contributed by atoms with Crippen molar-refractivity contribution < 1.29 is 4.79 Å². The molecule has 0 radical (unpaired) electrons. The molecule has 0 atom stereocenters. The van der Waals surface area contributed by atoms with Gasteiger partial charge in [0.2, 0.25) is 0 Å². The molecule has 9 heavy (non-hydrogen) atoms. The van der Waals surface area contributed by atoms with Gasteiger partial charge in [0.15, 0.2) is 0 Å². The summed E-state index contributed by atoms with van der Waals surface area (Å²) in [4.78, 5) is 10.1. The highest BCUT2D eigenvalue weighted by molar-refractivity contribution is 5.50. The van der Waals surface area contributed by atoms with Crippen LogP contribution in [0.15, 0.2) is 0 Å². The molecule has 0 aromatic heterocycles. The Hall–Kier alpha value is -0.370. The Kier molecular flexibility index (Phi) is 3.47. The first-order chi connectivity index (χ1) is 4.12. The average molecular weight is 129 g/mol. The van der Waals surface area contributed by atoms with Gasteiger partial charge in [0.1, 0.15) is 6.29 Å². The van der Waals surface area contributed by atoms with Crippen LogP contribution in [0.4, 0.5) is 0 Å². The zero-order valence-electron chi connectivity index (χ0n) is 6.18. The predicted octanol–water partition coefficient (Wildman–Crippen LogP) is 0.950. The summed E-state index contributed by atoms with van der Waals surface area (Å²) in [6, 6.07) is 0. The van der Waals surface area contributed by atoms with Crippen LogP contribution in [0, 0.1) is 5.41 Å². The van der Waals surface area contributed by atoms with Gasteiger partial charge in [-0.15, -0.1) is 0 Å². The van der Waals surface area contributed by atoms with Crippen LogP contribution in [0.1, 0.15) is 26.7 Å². The van der Waals surface area contributed by atoms with Gasteiger partial charge in [-0.1, -0.05) is 13.8 Å². The lowest BCUT2D eigenvalue weighted by atomic mass is 9.86. The van der Waals surface area contributed by atoms with Crippen LogP contribution >= 0.6 is 0 Å². The van der Waals surface area contributed by atoms with E-state index in [-0.39, 0.29) is 5.41 Å². The van der Waals surface area contributed by atoms with Crippen LogP contribution in [0.25, 0.3) is 0 Å². The molecule has 54 valence electrons. The first-order valence-electron chi connectivity index (χ1n) is 3.26. The summed E-state index contributed by atoms with van der Waals surface area (Å²) in [5.41, 5.74) is 5.44. The Morgan fingerprint density at radius 2 is 2.11 bits per heavy atom. The zero-order valence-corrected chi connectivity index (χ0v) is 6.18. The Bertz CT molecular complexity index is 88.9. The van der Waals surface area contributed by atoms with Gasteiger partial charge < -0.3 is 10.5 Å². The maximum atomic E-state index is 10.1. The summed E-state index contributed by atoms with van der Waals surface area (Å²) in [7, 11) is 0. The van der Waals surface area contributed by atoms with Crippen molar-refractivity contribution in [2.75, 3.05) is 6.54 Å². The third-order valence-electron chi connectivity index (χ3n) is 1.46. The van der Waals surface area contributed by atoms with Crippen molar-refractivity contribution in [2.24, 2.45) is 11.1 Å². The normalized spacial score (nSPS) is 11.4. The van der Waals surface area contributed by atoms with Gasteiger partial charge in [0.25, 0.3) is 0 Å². The monoisotopic (exact) mass is 129 g/mol. The molecule has 0 aliphatic carbocycles. The van der Waals surface area contributed by atoms with Crippen molar-refractivity contribution in [3.05, 3.63) is 0 Å². The van der Waals surface area contributed by atoms with Crippen molar-refractivity contribution in [3.8, 4) is 0 Å². The highest BCUT2D eigenvalue weighted by Gasteiger charge is 2.14. The second kappa shape index (κ2) is 3.62. The Morgan fingerprint density at radius 3 is 2.44 bits per heavy atom. The molecule has 2 heteroatoms. The molecular weight excluding hydrogens is 114 g/mol. The van der Waals surface area contributed by atoms with E-state index in [9.17, 15) is 4.79 Å².